The lowest BCUT2D eigenvalue weighted by atomic mass is 10.1. The van der Waals surface area contributed by atoms with Gasteiger partial charge in [-0.2, -0.15) is 0 Å². The Morgan fingerprint density at radius 2 is 1.82 bits per heavy atom. The fourth-order valence-electron chi connectivity index (χ4n) is 3.23. The molecule has 2 aromatic heterocycles. The molecule has 0 saturated carbocycles. The second-order valence-electron chi connectivity index (χ2n) is 6.57. The number of sulfonamides is 1. The Morgan fingerprint density at radius 1 is 1.04 bits per heavy atom. The van der Waals surface area contributed by atoms with Crippen LogP contribution in [0.3, 0.4) is 0 Å². The number of nitrogens with zero attached hydrogens (tertiary/aromatic N) is 3. The molecule has 4 rings (SSSR count). The van der Waals surface area contributed by atoms with Gasteiger partial charge in [-0.05, 0) is 42.5 Å². The van der Waals surface area contributed by atoms with Crippen molar-refractivity contribution in [3.05, 3.63) is 58.9 Å². The van der Waals surface area contributed by atoms with Gasteiger partial charge in [0, 0.05) is 24.7 Å². The van der Waals surface area contributed by atoms with E-state index in [1.165, 1.54) is 11.3 Å². The molecule has 1 N–H and O–H groups in total. The second kappa shape index (κ2) is 8.16. The van der Waals surface area contributed by atoms with E-state index in [1.54, 1.807) is 17.5 Å². The van der Waals surface area contributed by atoms with Gasteiger partial charge in [0.05, 0.1) is 10.7 Å². The molecule has 3 aromatic rings. The number of benzene rings is 1. The Morgan fingerprint density at radius 3 is 2.46 bits per heavy atom. The highest BCUT2D eigenvalue weighted by atomic mass is 35.5. The summed E-state index contributed by atoms with van der Waals surface area (Å²) in [4.78, 5) is 2.12. The van der Waals surface area contributed by atoms with E-state index in [1.807, 2.05) is 36.4 Å². The minimum Gasteiger partial charge on any atom is -0.355 e. The highest BCUT2D eigenvalue weighted by Crippen LogP contribution is 2.27. The van der Waals surface area contributed by atoms with E-state index in [0.717, 1.165) is 43.0 Å². The zero-order chi connectivity index (χ0) is 19.6. The van der Waals surface area contributed by atoms with E-state index >= 15 is 0 Å². The first-order chi connectivity index (χ1) is 13.5. The van der Waals surface area contributed by atoms with Crippen LogP contribution in [0.5, 0.6) is 0 Å². The number of hydrogen-bond donors (Lipinski definition) is 1. The van der Waals surface area contributed by atoms with Crippen LogP contribution in [0.2, 0.25) is 5.02 Å². The molecule has 0 unspecified atom stereocenters. The smallest absolute Gasteiger partial charge is 0.250 e. The molecule has 9 heteroatoms. The van der Waals surface area contributed by atoms with E-state index in [4.69, 9.17) is 11.6 Å². The summed E-state index contributed by atoms with van der Waals surface area (Å²) in [6.45, 7) is 1.44. The molecule has 1 fully saturated rings. The summed E-state index contributed by atoms with van der Waals surface area (Å²) in [6, 6.07) is 14.7. The van der Waals surface area contributed by atoms with E-state index in [9.17, 15) is 8.42 Å². The van der Waals surface area contributed by atoms with Crippen molar-refractivity contribution in [1.29, 1.82) is 0 Å². The molecule has 3 heterocycles. The summed E-state index contributed by atoms with van der Waals surface area (Å²) >= 11 is 7.45. The first-order valence-electron chi connectivity index (χ1n) is 8.92. The number of halogens is 1. The third-order valence-corrected chi connectivity index (χ3v) is 7.95. The summed E-state index contributed by atoms with van der Waals surface area (Å²) in [5.74, 6) is 0.787. The normalized spacial score (nSPS) is 15.7. The Hall–Kier alpha value is -2.00. The van der Waals surface area contributed by atoms with E-state index < -0.39 is 10.0 Å². The average molecular weight is 435 g/mol. The molecule has 0 aliphatic carbocycles. The number of thiophene rings is 1. The van der Waals surface area contributed by atoms with Crippen LogP contribution >= 0.6 is 22.9 Å². The van der Waals surface area contributed by atoms with Crippen molar-refractivity contribution in [2.75, 3.05) is 18.0 Å². The minimum absolute atomic E-state index is 0.0706. The van der Waals surface area contributed by atoms with Crippen molar-refractivity contribution in [1.82, 2.24) is 14.9 Å². The fraction of sp³-hybridized carbons (Fsp3) is 0.263. The van der Waals surface area contributed by atoms with Gasteiger partial charge >= 0.3 is 0 Å². The largest absolute Gasteiger partial charge is 0.355 e. The number of hydrogen-bond acceptors (Lipinski definition) is 6. The summed E-state index contributed by atoms with van der Waals surface area (Å²) in [6.07, 6.45) is 1.44. The first-order valence-corrected chi connectivity index (χ1v) is 11.7. The van der Waals surface area contributed by atoms with Gasteiger partial charge in [-0.3, -0.25) is 0 Å². The van der Waals surface area contributed by atoms with Crippen molar-refractivity contribution in [3.63, 3.8) is 0 Å². The number of anilines is 1. The lowest BCUT2D eigenvalue weighted by Crippen LogP contribution is -2.44. The highest BCUT2D eigenvalue weighted by molar-refractivity contribution is 7.91. The van der Waals surface area contributed by atoms with Gasteiger partial charge in [0.25, 0.3) is 0 Å². The van der Waals surface area contributed by atoms with Gasteiger partial charge in [-0.25, -0.2) is 13.1 Å². The second-order valence-corrected chi connectivity index (χ2v) is 9.87. The number of piperidine rings is 1. The standard InChI is InChI=1S/C19H19ClN4O2S2/c20-16-5-2-1-4-15(16)17-7-8-18(22-21-17)24-11-9-14(10-12-24)23-28(25,26)19-6-3-13-27-19/h1-8,13-14,23H,9-12H2. The van der Waals surface area contributed by atoms with Crippen LogP contribution in [-0.2, 0) is 10.0 Å². The van der Waals surface area contributed by atoms with Crippen molar-refractivity contribution < 1.29 is 8.42 Å². The quantitative estimate of drug-likeness (QED) is 0.660. The molecule has 146 valence electrons. The van der Waals surface area contributed by atoms with Crippen LogP contribution in [-0.4, -0.2) is 37.7 Å². The summed E-state index contributed by atoms with van der Waals surface area (Å²) in [7, 11) is -3.43. The Balaban J connectivity index is 1.38. The average Bonchev–Trinajstić information content (AvgIpc) is 3.25. The Kier molecular flexibility index (Phi) is 5.63. The topological polar surface area (TPSA) is 75.2 Å². The monoisotopic (exact) mass is 434 g/mol. The van der Waals surface area contributed by atoms with Crippen LogP contribution in [0.1, 0.15) is 12.8 Å². The van der Waals surface area contributed by atoms with Gasteiger partial charge < -0.3 is 4.90 Å². The Bertz CT molecular complexity index is 1030. The molecule has 0 radical (unpaired) electrons. The first kappa shape index (κ1) is 19.3. The van der Waals surface area contributed by atoms with Crippen LogP contribution < -0.4 is 9.62 Å². The van der Waals surface area contributed by atoms with Crippen LogP contribution in [0.4, 0.5) is 5.82 Å². The molecule has 28 heavy (non-hydrogen) atoms. The third kappa shape index (κ3) is 4.20. The summed E-state index contributed by atoms with van der Waals surface area (Å²) < 4.78 is 27.9. The fourth-order valence-corrected chi connectivity index (χ4v) is 5.77. The molecule has 1 aliphatic heterocycles. The molecule has 1 aromatic carbocycles. The summed E-state index contributed by atoms with van der Waals surface area (Å²) in [5.41, 5.74) is 1.58. The van der Waals surface area contributed by atoms with Gasteiger partial charge in [0.1, 0.15) is 4.21 Å². The maximum atomic E-state index is 12.4. The molecule has 0 bridgehead atoms. The molecule has 1 saturated heterocycles. The predicted octanol–water partition coefficient (Wildman–Crippen LogP) is 3.81. The van der Waals surface area contributed by atoms with E-state index in [-0.39, 0.29) is 6.04 Å². The van der Waals surface area contributed by atoms with Crippen molar-refractivity contribution >= 4 is 38.8 Å². The van der Waals surface area contributed by atoms with Crippen LogP contribution in [0, 0.1) is 0 Å². The molecular formula is C19H19ClN4O2S2. The molecule has 0 spiro atoms. The van der Waals surface area contributed by atoms with Gasteiger partial charge in [-0.15, -0.1) is 21.5 Å². The predicted molar refractivity (Wildman–Crippen MR) is 112 cm³/mol. The van der Waals surface area contributed by atoms with Gasteiger partial charge in [0.15, 0.2) is 5.82 Å². The third-order valence-electron chi connectivity index (χ3n) is 4.70. The molecule has 6 nitrogen and oxygen atoms in total. The maximum Gasteiger partial charge on any atom is 0.250 e. The Labute approximate surface area is 173 Å². The highest BCUT2D eigenvalue weighted by Gasteiger charge is 2.25. The van der Waals surface area contributed by atoms with E-state index in [2.05, 4.69) is 19.8 Å². The molecule has 1 aliphatic rings. The van der Waals surface area contributed by atoms with Crippen molar-refractivity contribution in [3.8, 4) is 11.3 Å². The SMILES string of the molecule is O=S(=O)(NC1CCN(c2ccc(-c3ccccc3Cl)nn2)CC1)c1cccs1. The minimum atomic E-state index is -3.43. The number of rotatable bonds is 5. The molecular weight excluding hydrogens is 416 g/mol. The zero-order valence-electron chi connectivity index (χ0n) is 15.0. The number of nitrogens with one attached hydrogen (secondary N) is 1. The van der Waals surface area contributed by atoms with Crippen LogP contribution in [0.15, 0.2) is 58.1 Å². The molecule has 0 atom stereocenters. The van der Waals surface area contributed by atoms with Crippen molar-refractivity contribution in [2.45, 2.75) is 23.1 Å². The van der Waals surface area contributed by atoms with Gasteiger partial charge in [0.2, 0.25) is 10.0 Å². The lowest BCUT2D eigenvalue weighted by Gasteiger charge is -2.32. The number of aromatic nitrogens is 2. The summed E-state index contributed by atoms with van der Waals surface area (Å²) in [5, 5.41) is 11.1. The lowest BCUT2D eigenvalue weighted by molar-refractivity contribution is 0.458. The van der Waals surface area contributed by atoms with Crippen LogP contribution in [0.25, 0.3) is 11.3 Å². The van der Waals surface area contributed by atoms with Crippen molar-refractivity contribution in [2.24, 2.45) is 0 Å². The zero-order valence-corrected chi connectivity index (χ0v) is 17.3. The van der Waals surface area contributed by atoms with Gasteiger partial charge in [-0.1, -0.05) is 35.9 Å². The molecule has 0 amide bonds. The van der Waals surface area contributed by atoms with E-state index in [0.29, 0.717) is 9.23 Å². The maximum absolute atomic E-state index is 12.4.